The van der Waals surface area contributed by atoms with E-state index in [9.17, 15) is 0 Å². The number of nitrogen functional groups attached to an aromatic ring is 1. The highest BCUT2D eigenvalue weighted by Crippen LogP contribution is 2.33. The van der Waals surface area contributed by atoms with Gasteiger partial charge >= 0.3 is 0 Å². The normalized spacial score (nSPS) is 16.3. The topological polar surface area (TPSA) is 48.1 Å². The summed E-state index contributed by atoms with van der Waals surface area (Å²) in [5, 5.41) is 2.06. The number of rotatable bonds is 2. The van der Waals surface area contributed by atoms with Crippen molar-refractivity contribution < 1.29 is 4.74 Å². The molecule has 3 heteroatoms. The van der Waals surface area contributed by atoms with E-state index in [4.69, 9.17) is 10.5 Å². The summed E-state index contributed by atoms with van der Waals surface area (Å²) in [4.78, 5) is 4.31. The molecule has 0 atom stereocenters. The van der Waals surface area contributed by atoms with Gasteiger partial charge in [-0.05, 0) is 50.8 Å². The van der Waals surface area contributed by atoms with Crippen molar-refractivity contribution in [2.24, 2.45) is 0 Å². The number of aromatic nitrogens is 1. The van der Waals surface area contributed by atoms with E-state index in [-0.39, 0.29) is 0 Å². The minimum absolute atomic E-state index is 0.366. The van der Waals surface area contributed by atoms with E-state index < -0.39 is 0 Å². The summed E-state index contributed by atoms with van der Waals surface area (Å²) in [6.07, 6.45) is 7.08. The first kappa shape index (κ1) is 11.3. The van der Waals surface area contributed by atoms with Crippen molar-refractivity contribution in [3.63, 3.8) is 0 Å². The average Bonchev–Trinajstić information content (AvgIpc) is 2.86. The first-order chi connectivity index (χ1) is 8.74. The largest absolute Gasteiger partial charge is 0.490 e. The van der Waals surface area contributed by atoms with Crippen LogP contribution >= 0.6 is 0 Å². The monoisotopic (exact) mass is 242 g/mol. The van der Waals surface area contributed by atoms with E-state index in [1.807, 2.05) is 25.3 Å². The molecule has 0 aliphatic heterocycles. The van der Waals surface area contributed by atoms with E-state index in [0.717, 1.165) is 40.7 Å². The van der Waals surface area contributed by atoms with Gasteiger partial charge in [-0.15, -0.1) is 0 Å². The van der Waals surface area contributed by atoms with Crippen LogP contribution in [0.1, 0.15) is 31.4 Å². The summed E-state index contributed by atoms with van der Waals surface area (Å²) in [5.74, 6) is 0.941. The highest BCUT2D eigenvalue weighted by molar-refractivity contribution is 5.96. The molecular formula is C15H18N2O. The Morgan fingerprint density at radius 2 is 2.00 bits per heavy atom. The van der Waals surface area contributed by atoms with Crippen LogP contribution in [0, 0.1) is 6.92 Å². The van der Waals surface area contributed by atoms with Crippen LogP contribution in [0.2, 0.25) is 0 Å². The van der Waals surface area contributed by atoms with Crippen LogP contribution in [-0.2, 0) is 0 Å². The molecule has 1 heterocycles. The van der Waals surface area contributed by atoms with Gasteiger partial charge in [-0.1, -0.05) is 0 Å². The second-order valence-corrected chi connectivity index (χ2v) is 5.05. The van der Waals surface area contributed by atoms with Crippen molar-refractivity contribution in [3.05, 3.63) is 30.1 Å². The van der Waals surface area contributed by atoms with Crippen LogP contribution in [0.4, 0.5) is 5.69 Å². The summed E-state index contributed by atoms with van der Waals surface area (Å²) >= 11 is 0. The molecule has 1 aromatic heterocycles. The Morgan fingerprint density at radius 3 is 2.78 bits per heavy atom. The number of aryl methyl sites for hydroxylation is 1. The fourth-order valence-electron chi connectivity index (χ4n) is 2.63. The van der Waals surface area contributed by atoms with Gasteiger partial charge in [0, 0.05) is 28.4 Å². The molecule has 1 fully saturated rings. The lowest BCUT2D eigenvalue weighted by Crippen LogP contribution is -2.11. The van der Waals surface area contributed by atoms with Crippen molar-refractivity contribution in [1.82, 2.24) is 4.98 Å². The molecule has 1 aliphatic rings. The second-order valence-electron chi connectivity index (χ2n) is 5.05. The van der Waals surface area contributed by atoms with Gasteiger partial charge in [0.2, 0.25) is 0 Å². The van der Waals surface area contributed by atoms with E-state index >= 15 is 0 Å². The van der Waals surface area contributed by atoms with Crippen molar-refractivity contribution >= 4 is 16.5 Å². The van der Waals surface area contributed by atoms with Gasteiger partial charge in [0.1, 0.15) is 5.75 Å². The molecule has 1 saturated carbocycles. The first-order valence-corrected chi connectivity index (χ1v) is 6.55. The molecule has 3 rings (SSSR count). The third-order valence-electron chi connectivity index (χ3n) is 3.63. The fourth-order valence-corrected chi connectivity index (χ4v) is 2.63. The third kappa shape index (κ3) is 2.01. The number of nitrogens with zero attached hydrogens (tertiary/aromatic N) is 1. The molecule has 0 bridgehead atoms. The lowest BCUT2D eigenvalue weighted by Gasteiger charge is -2.16. The predicted octanol–water partition coefficient (Wildman–Crippen LogP) is 3.45. The van der Waals surface area contributed by atoms with E-state index in [0.29, 0.717) is 6.10 Å². The number of anilines is 1. The number of fused-ring (bicyclic) bond motifs is 1. The molecule has 2 aromatic rings. The first-order valence-electron chi connectivity index (χ1n) is 6.55. The average molecular weight is 242 g/mol. The van der Waals surface area contributed by atoms with Crippen LogP contribution in [0.15, 0.2) is 24.4 Å². The molecular weight excluding hydrogens is 224 g/mol. The number of pyridine rings is 1. The molecule has 2 N–H and O–H groups in total. The van der Waals surface area contributed by atoms with E-state index in [2.05, 4.69) is 11.1 Å². The predicted molar refractivity (Wildman–Crippen MR) is 73.8 cm³/mol. The van der Waals surface area contributed by atoms with Crippen LogP contribution in [0.5, 0.6) is 5.75 Å². The molecule has 1 aliphatic carbocycles. The number of ether oxygens (including phenoxy) is 1. The highest BCUT2D eigenvalue weighted by Gasteiger charge is 2.17. The van der Waals surface area contributed by atoms with Crippen molar-refractivity contribution in [3.8, 4) is 5.75 Å². The second kappa shape index (κ2) is 4.48. The zero-order chi connectivity index (χ0) is 12.5. The molecule has 0 saturated heterocycles. The minimum atomic E-state index is 0.366. The Balaban J connectivity index is 2.05. The summed E-state index contributed by atoms with van der Waals surface area (Å²) < 4.78 is 6.12. The summed E-state index contributed by atoms with van der Waals surface area (Å²) in [5.41, 5.74) is 7.74. The van der Waals surface area contributed by atoms with Crippen molar-refractivity contribution in [2.45, 2.75) is 38.7 Å². The number of hydrogen-bond acceptors (Lipinski definition) is 3. The van der Waals surface area contributed by atoms with Crippen LogP contribution in [0.25, 0.3) is 10.8 Å². The Morgan fingerprint density at radius 1 is 1.22 bits per heavy atom. The molecule has 0 radical (unpaired) electrons. The maximum atomic E-state index is 6.12. The zero-order valence-electron chi connectivity index (χ0n) is 10.6. The molecule has 3 nitrogen and oxygen atoms in total. The highest BCUT2D eigenvalue weighted by atomic mass is 16.5. The number of hydrogen-bond donors (Lipinski definition) is 1. The van der Waals surface area contributed by atoms with Gasteiger partial charge in [0.25, 0.3) is 0 Å². The maximum Gasteiger partial charge on any atom is 0.127 e. The standard InChI is InChI=1S/C15H18N2O/c1-10-8-12-13(9-17-10)14(16)6-7-15(12)18-11-4-2-3-5-11/h6-9,11H,2-5,16H2,1H3. The van der Waals surface area contributed by atoms with Gasteiger partial charge in [0.05, 0.1) is 6.10 Å². The van der Waals surface area contributed by atoms with Gasteiger partial charge < -0.3 is 10.5 Å². The summed E-state index contributed by atoms with van der Waals surface area (Å²) in [6, 6.07) is 5.94. The Hall–Kier alpha value is -1.77. The zero-order valence-corrected chi connectivity index (χ0v) is 10.6. The number of benzene rings is 1. The minimum Gasteiger partial charge on any atom is -0.490 e. The smallest absolute Gasteiger partial charge is 0.127 e. The van der Waals surface area contributed by atoms with Crippen molar-refractivity contribution in [1.29, 1.82) is 0 Å². The van der Waals surface area contributed by atoms with Crippen molar-refractivity contribution in [2.75, 3.05) is 5.73 Å². The molecule has 94 valence electrons. The van der Waals surface area contributed by atoms with Crippen LogP contribution in [0.3, 0.4) is 0 Å². The molecule has 0 amide bonds. The van der Waals surface area contributed by atoms with Gasteiger partial charge in [0.15, 0.2) is 0 Å². The molecule has 1 aromatic carbocycles. The summed E-state index contributed by atoms with van der Waals surface area (Å²) in [7, 11) is 0. The van der Waals surface area contributed by atoms with E-state index in [1.165, 1.54) is 12.8 Å². The van der Waals surface area contributed by atoms with Gasteiger partial charge in [-0.2, -0.15) is 0 Å². The molecule has 0 unspecified atom stereocenters. The Kier molecular flexibility index (Phi) is 2.82. The summed E-state index contributed by atoms with van der Waals surface area (Å²) in [6.45, 7) is 1.99. The SMILES string of the molecule is Cc1cc2c(OC3CCCC3)ccc(N)c2cn1. The molecule has 18 heavy (non-hydrogen) atoms. The molecule has 0 spiro atoms. The Labute approximate surface area is 107 Å². The van der Waals surface area contributed by atoms with Gasteiger partial charge in [-0.25, -0.2) is 0 Å². The van der Waals surface area contributed by atoms with Crippen LogP contribution < -0.4 is 10.5 Å². The quantitative estimate of drug-likeness (QED) is 0.820. The third-order valence-corrected chi connectivity index (χ3v) is 3.63. The fraction of sp³-hybridized carbons (Fsp3) is 0.400. The maximum absolute atomic E-state index is 6.12. The lowest BCUT2D eigenvalue weighted by atomic mass is 10.1. The number of nitrogens with two attached hydrogens (primary N) is 1. The Bertz CT molecular complexity index is 574. The van der Waals surface area contributed by atoms with Gasteiger partial charge in [-0.3, -0.25) is 4.98 Å². The van der Waals surface area contributed by atoms with Crippen LogP contribution in [-0.4, -0.2) is 11.1 Å². The lowest BCUT2D eigenvalue weighted by molar-refractivity contribution is 0.213. The van der Waals surface area contributed by atoms with E-state index in [1.54, 1.807) is 0 Å².